The number of aromatic nitrogens is 2. The zero-order chi connectivity index (χ0) is 21.6. The Morgan fingerprint density at radius 2 is 1.55 bits per heavy atom. The van der Waals surface area contributed by atoms with Gasteiger partial charge in [0.15, 0.2) is 5.11 Å². The SMILES string of the molecule is O=C(CCn1c(-c2ccccc2)nc2ccccc2c1=O)NC(=S)Nc1ccccc1. The second-order valence-corrected chi connectivity index (χ2v) is 7.30. The van der Waals surface area contributed by atoms with Crippen molar-refractivity contribution >= 4 is 39.8 Å². The van der Waals surface area contributed by atoms with E-state index in [4.69, 9.17) is 17.2 Å². The molecule has 0 saturated carbocycles. The number of para-hydroxylation sites is 2. The third-order valence-electron chi connectivity index (χ3n) is 4.74. The Hall–Kier alpha value is -3.84. The average molecular weight is 429 g/mol. The van der Waals surface area contributed by atoms with Crippen molar-refractivity contribution in [3.63, 3.8) is 0 Å². The first-order chi connectivity index (χ1) is 15.1. The third-order valence-corrected chi connectivity index (χ3v) is 4.94. The summed E-state index contributed by atoms with van der Waals surface area (Å²) in [5.74, 6) is 0.245. The van der Waals surface area contributed by atoms with Gasteiger partial charge >= 0.3 is 0 Å². The van der Waals surface area contributed by atoms with Crippen molar-refractivity contribution in [3.8, 4) is 11.4 Å². The largest absolute Gasteiger partial charge is 0.332 e. The van der Waals surface area contributed by atoms with Crippen LogP contribution in [0, 0.1) is 0 Å². The maximum absolute atomic E-state index is 13.2. The Labute approximate surface area is 184 Å². The molecule has 1 amide bonds. The lowest BCUT2D eigenvalue weighted by Crippen LogP contribution is -2.35. The maximum atomic E-state index is 13.2. The van der Waals surface area contributed by atoms with Crippen LogP contribution in [-0.4, -0.2) is 20.6 Å². The molecular formula is C24H20N4O2S. The van der Waals surface area contributed by atoms with E-state index in [1.54, 1.807) is 16.7 Å². The zero-order valence-corrected chi connectivity index (χ0v) is 17.4. The molecule has 31 heavy (non-hydrogen) atoms. The van der Waals surface area contributed by atoms with Gasteiger partial charge in [0.25, 0.3) is 5.56 Å². The Morgan fingerprint density at radius 3 is 2.29 bits per heavy atom. The molecule has 0 aliphatic heterocycles. The Morgan fingerprint density at radius 1 is 0.903 bits per heavy atom. The number of hydrogen-bond acceptors (Lipinski definition) is 4. The van der Waals surface area contributed by atoms with Crippen molar-refractivity contribution < 1.29 is 4.79 Å². The van der Waals surface area contributed by atoms with Crippen LogP contribution in [0.15, 0.2) is 89.7 Å². The monoisotopic (exact) mass is 428 g/mol. The second-order valence-electron chi connectivity index (χ2n) is 6.89. The first-order valence-corrected chi connectivity index (χ1v) is 10.2. The van der Waals surface area contributed by atoms with Crippen LogP contribution in [0.4, 0.5) is 5.69 Å². The quantitative estimate of drug-likeness (QED) is 0.471. The molecule has 0 radical (unpaired) electrons. The molecule has 7 heteroatoms. The van der Waals surface area contributed by atoms with Crippen LogP contribution < -0.4 is 16.2 Å². The van der Waals surface area contributed by atoms with Gasteiger partial charge in [-0.25, -0.2) is 4.98 Å². The molecule has 1 aromatic heterocycles. The summed E-state index contributed by atoms with van der Waals surface area (Å²) in [7, 11) is 0. The van der Waals surface area contributed by atoms with Crippen molar-refractivity contribution in [2.24, 2.45) is 0 Å². The van der Waals surface area contributed by atoms with Gasteiger partial charge in [0.05, 0.1) is 10.9 Å². The fraction of sp³-hybridized carbons (Fsp3) is 0.0833. The highest BCUT2D eigenvalue weighted by Crippen LogP contribution is 2.19. The normalized spacial score (nSPS) is 10.6. The molecule has 0 unspecified atom stereocenters. The molecule has 0 spiro atoms. The molecule has 154 valence electrons. The van der Waals surface area contributed by atoms with Gasteiger partial charge in [-0.15, -0.1) is 0 Å². The topological polar surface area (TPSA) is 76.0 Å². The van der Waals surface area contributed by atoms with Crippen molar-refractivity contribution in [3.05, 3.63) is 95.3 Å². The van der Waals surface area contributed by atoms with E-state index in [0.717, 1.165) is 11.3 Å². The van der Waals surface area contributed by atoms with Gasteiger partial charge in [-0.1, -0.05) is 60.7 Å². The molecule has 0 saturated heterocycles. The minimum atomic E-state index is -0.285. The van der Waals surface area contributed by atoms with Crippen molar-refractivity contribution in [1.82, 2.24) is 14.9 Å². The van der Waals surface area contributed by atoms with E-state index in [0.29, 0.717) is 16.7 Å². The van der Waals surface area contributed by atoms with Crippen LogP contribution in [0.25, 0.3) is 22.3 Å². The molecule has 1 heterocycles. The van der Waals surface area contributed by atoms with Crippen LogP contribution in [0.5, 0.6) is 0 Å². The van der Waals surface area contributed by atoms with Gasteiger partial charge in [-0.05, 0) is 36.5 Å². The molecule has 0 atom stereocenters. The van der Waals surface area contributed by atoms with Gasteiger partial charge in [-0.2, -0.15) is 0 Å². The minimum absolute atomic E-state index is 0.0797. The second kappa shape index (κ2) is 9.32. The number of rotatable bonds is 5. The third kappa shape index (κ3) is 4.84. The molecule has 0 bridgehead atoms. The molecule has 0 fully saturated rings. The fourth-order valence-corrected chi connectivity index (χ4v) is 3.50. The van der Waals surface area contributed by atoms with E-state index in [1.165, 1.54) is 0 Å². The van der Waals surface area contributed by atoms with Crippen LogP contribution in [0.1, 0.15) is 6.42 Å². The molecule has 4 aromatic rings. The van der Waals surface area contributed by atoms with Crippen LogP contribution in [0.2, 0.25) is 0 Å². The number of amides is 1. The predicted octanol–water partition coefficient (Wildman–Crippen LogP) is 3.97. The van der Waals surface area contributed by atoms with E-state index in [9.17, 15) is 9.59 Å². The minimum Gasteiger partial charge on any atom is -0.332 e. The summed E-state index contributed by atoms with van der Waals surface area (Å²) in [6.07, 6.45) is 0.0797. The van der Waals surface area contributed by atoms with E-state index >= 15 is 0 Å². The lowest BCUT2D eigenvalue weighted by atomic mass is 10.1. The van der Waals surface area contributed by atoms with Crippen LogP contribution in [-0.2, 0) is 11.3 Å². The van der Waals surface area contributed by atoms with Gasteiger partial charge in [0.2, 0.25) is 5.91 Å². The number of fused-ring (bicyclic) bond motifs is 1. The summed E-state index contributed by atoms with van der Waals surface area (Å²) in [6.45, 7) is 0.181. The lowest BCUT2D eigenvalue weighted by molar-refractivity contribution is -0.119. The lowest BCUT2D eigenvalue weighted by Gasteiger charge is -2.14. The summed E-state index contributed by atoms with van der Waals surface area (Å²) >= 11 is 5.21. The number of nitrogens with one attached hydrogen (secondary N) is 2. The van der Waals surface area contributed by atoms with Crippen LogP contribution >= 0.6 is 12.2 Å². The summed E-state index contributed by atoms with van der Waals surface area (Å²) in [5, 5.41) is 6.35. The summed E-state index contributed by atoms with van der Waals surface area (Å²) < 4.78 is 1.55. The number of hydrogen-bond donors (Lipinski definition) is 2. The predicted molar refractivity (Wildman–Crippen MR) is 127 cm³/mol. The highest BCUT2D eigenvalue weighted by Gasteiger charge is 2.14. The summed E-state index contributed by atoms with van der Waals surface area (Å²) in [4.78, 5) is 30.3. The van der Waals surface area contributed by atoms with Gasteiger partial charge in [-0.3, -0.25) is 14.2 Å². The first-order valence-electron chi connectivity index (χ1n) is 9.83. The van der Waals surface area contributed by atoms with E-state index in [2.05, 4.69) is 10.6 Å². The highest BCUT2D eigenvalue weighted by atomic mass is 32.1. The van der Waals surface area contributed by atoms with Crippen molar-refractivity contribution in [1.29, 1.82) is 0 Å². The first kappa shape index (κ1) is 20.4. The van der Waals surface area contributed by atoms with E-state index in [-0.39, 0.29) is 29.5 Å². The van der Waals surface area contributed by atoms with Gasteiger partial charge in [0.1, 0.15) is 5.82 Å². The zero-order valence-electron chi connectivity index (χ0n) is 16.6. The van der Waals surface area contributed by atoms with Gasteiger partial charge in [0, 0.05) is 24.2 Å². The average Bonchev–Trinajstić information content (AvgIpc) is 2.79. The molecule has 0 aliphatic carbocycles. The number of thiocarbonyl (C=S) groups is 1. The van der Waals surface area contributed by atoms with E-state index < -0.39 is 0 Å². The van der Waals surface area contributed by atoms with Crippen molar-refractivity contribution in [2.75, 3.05) is 5.32 Å². The Bertz CT molecular complexity index is 1290. The van der Waals surface area contributed by atoms with Crippen LogP contribution in [0.3, 0.4) is 0 Å². The highest BCUT2D eigenvalue weighted by molar-refractivity contribution is 7.80. The number of carbonyl (C=O) groups excluding carboxylic acids is 1. The Kier molecular flexibility index (Phi) is 6.14. The molecule has 0 aliphatic rings. The number of carbonyl (C=O) groups is 1. The number of anilines is 1. The number of nitrogens with zero attached hydrogens (tertiary/aromatic N) is 2. The molecule has 2 N–H and O–H groups in total. The maximum Gasteiger partial charge on any atom is 0.261 e. The molecule has 6 nitrogen and oxygen atoms in total. The molecular weight excluding hydrogens is 408 g/mol. The van der Waals surface area contributed by atoms with Gasteiger partial charge < -0.3 is 10.6 Å². The summed E-state index contributed by atoms with van der Waals surface area (Å²) in [5.41, 5.74) is 2.05. The smallest absolute Gasteiger partial charge is 0.261 e. The molecule has 4 rings (SSSR count). The number of benzene rings is 3. The standard InChI is InChI=1S/C24H20N4O2S/c29-21(27-24(31)25-18-11-5-2-6-12-18)15-16-28-22(17-9-3-1-4-10-17)26-20-14-8-7-13-19(20)23(28)30/h1-14H,15-16H2,(H2,25,27,29,31). The molecule has 3 aromatic carbocycles. The van der Waals surface area contributed by atoms with Crippen molar-refractivity contribution in [2.45, 2.75) is 13.0 Å². The fourth-order valence-electron chi connectivity index (χ4n) is 3.27. The van der Waals surface area contributed by atoms with E-state index in [1.807, 2.05) is 72.8 Å². The summed E-state index contributed by atoms with van der Waals surface area (Å²) in [6, 6.07) is 26.0. The Balaban J connectivity index is 1.55.